The second kappa shape index (κ2) is 6.70. The fourth-order valence-electron chi connectivity index (χ4n) is 2.48. The van der Waals surface area contributed by atoms with E-state index in [-0.39, 0.29) is 0 Å². The molecule has 1 aromatic carbocycles. The standard InChI is InChI=1S/C15H24N2O2S/c1-16-10-12-17(13-11-16)9-3-4-14-5-7-15(8-6-14)20(2,18)19/h5-8H,3-4,9-13H2,1-2H3. The van der Waals surface area contributed by atoms with Crippen LogP contribution in [0.3, 0.4) is 0 Å². The molecule has 0 N–H and O–H groups in total. The lowest BCUT2D eigenvalue weighted by atomic mass is 10.1. The summed E-state index contributed by atoms with van der Waals surface area (Å²) in [5.74, 6) is 0. The molecule has 1 saturated heterocycles. The van der Waals surface area contributed by atoms with Gasteiger partial charge in [-0.25, -0.2) is 8.42 Å². The minimum Gasteiger partial charge on any atom is -0.304 e. The molecule has 1 aromatic rings. The predicted molar refractivity (Wildman–Crippen MR) is 81.8 cm³/mol. The van der Waals surface area contributed by atoms with E-state index in [1.165, 1.54) is 11.8 Å². The Labute approximate surface area is 122 Å². The zero-order valence-electron chi connectivity index (χ0n) is 12.4. The first-order valence-corrected chi connectivity index (χ1v) is 9.04. The monoisotopic (exact) mass is 296 g/mol. The van der Waals surface area contributed by atoms with Crippen LogP contribution in [-0.4, -0.2) is 64.2 Å². The van der Waals surface area contributed by atoms with Crippen LogP contribution in [0.4, 0.5) is 0 Å². The third kappa shape index (κ3) is 4.58. The first-order valence-electron chi connectivity index (χ1n) is 7.15. The third-order valence-corrected chi connectivity index (χ3v) is 5.02. The maximum absolute atomic E-state index is 11.4. The van der Waals surface area contributed by atoms with Crippen molar-refractivity contribution in [3.05, 3.63) is 29.8 Å². The zero-order chi connectivity index (χ0) is 14.6. The molecule has 1 fully saturated rings. The van der Waals surface area contributed by atoms with Gasteiger partial charge in [0.1, 0.15) is 0 Å². The van der Waals surface area contributed by atoms with Gasteiger partial charge in [-0.2, -0.15) is 0 Å². The number of piperazine rings is 1. The summed E-state index contributed by atoms with van der Waals surface area (Å²) in [6, 6.07) is 7.28. The first-order chi connectivity index (χ1) is 9.45. The van der Waals surface area contributed by atoms with E-state index in [1.807, 2.05) is 12.1 Å². The lowest BCUT2D eigenvalue weighted by molar-refractivity contribution is 0.153. The van der Waals surface area contributed by atoms with Crippen LogP contribution in [0.25, 0.3) is 0 Å². The Balaban J connectivity index is 1.77. The van der Waals surface area contributed by atoms with Crippen LogP contribution in [0.5, 0.6) is 0 Å². The highest BCUT2D eigenvalue weighted by Crippen LogP contribution is 2.12. The molecular formula is C15H24N2O2S. The minimum absolute atomic E-state index is 0.403. The molecule has 0 spiro atoms. The number of hydrogen-bond acceptors (Lipinski definition) is 4. The van der Waals surface area contributed by atoms with Gasteiger partial charge < -0.3 is 9.80 Å². The maximum Gasteiger partial charge on any atom is 0.175 e. The highest BCUT2D eigenvalue weighted by molar-refractivity contribution is 7.90. The molecule has 0 aliphatic carbocycles. The SMILES string of the molecule is CN1CCN(CCCc2ccc(S(C)(=O)=O)cc2)CC1. The number of aryl methyl sites for hydroxylation is 1. The molecule has 1 aliphatic rings. The van der Waals surface area contributed by atoms with Gasteiger partial charge in [0.05, 0.1) is 4.90 Å². The summed E-state index contributed by atoms with van der Waals surface area (Å²) in [5, 5.41) is 0. The molecule has 1 heterocycles. The smallest absolute Gasteiger partial charge is 0.175 e. The fraction of sp³-hybridized carbons (Fsp3) is 0.600. The van der Waals surface area contributed by atoms with E-state index in [2.05, 4.69) is 16.8 Å². The van der Waals surface area contributed by atoms with E-state index in [0.29, 0.717) is 4.90 Å². The molecular weight excluding hydrogens is 272 g/mol. The van der Waals surface area contributed by atoms with E-state index in [9.17, 15) is 8.42 Å². The summed E-state index contributed by atoms with van der Waals surface area (Å²) in [7, 11) is -0.908. The molecule has 4 nitrogen and oxygen atoms in total. The Morgan fingerprint density at radius 1 is 1.05 bits per heavy atom. The topological polar surface area (TPSA) is 40.6 Å². The van der Waals surface area contributed by atoms with E-state index in [0.717, 1.165) is 45.6 Å². The molecule has 112 valence electrons. The number of likely N-dealkylation sites (N-methyl/N-ethyl adjacent to an activating group) is 1. The molecule has 5 heteroatoms. The Bertz CT molecular complexity index is 517. The van der Waals surface area contributed by atoms with Gasteiger partial charge in [0.25, 0.3) is 0 Å². The molecule has 0 radical (unpaired) electrons. The van der Waals surface area contributed by atoms with Gasteiger partial charge in [-0.1, -0.05) is 12.1 Å². The number of sulfone groups is 1. The van der Waals surface area contributed by atoms with Gasteiger partial charge in [-0.3, -0.25) is 0 Å². The van der Waals surface area contributed by atoms with Gasteiger partial charge >= 0.3 is 0 Å². The van der Waals surface area contributed by atoms with Crippen LogP contribution in [0, 0.1) is 0 Å². The van der Waals surface area contributed by atoms with Crippen LogP contribution >= 0.6 is 0 Å². The Morgan fingerprint density at radius 3 is 2.20 bits per heavy atom. The average Bonchev–Trinajstić information content (AvgIpc) is 2.41. The minimum atomic E-state index is -3.08. The molecule has 2 rings (SSSR count). The third-order valence-electron chi connectivity index (χ3n) is 3.89. The average molecular weight is 296 g/mol. The first kappa shape index (κ1) is 15.5. The zero-order valence-corrected chi connectivity index (χ0v) is 13.2. The Kier molecular flexibility index (Phi) is 5.18. The summed E-state index contributed by atoms with van der Waals surface area (Å²) in [4.78, 5) is 5.27. The van der Waals surface area contributed by atoms with Crippen LogP contribution < -0.4 is 0 Å². The Morgan fingerprint density at radius 2 is 1.65 bits per heavy atom. The largest absolute Gasteiger partial charge is 0.304 e. The van der Waals surface area contributed by atoms with Gasteiger partial charge in [0, 0.05) is 32.4 Å². The van der Waals surface area contributed by atoms with Crippen molar-refractivity contribution in [3.63, 3.8) is 0 Å². The van der Waals surface area contributed by atoms with Crippen molar-refractivity contribution in [2.45, 2.75) is 17.7 Å². The molecule has 20 heavy (non-hydrogen) atoms. The molecule has 0 unspecified atom stereocenters. The van der Waals surface area contributed by atoms with Crippen molar-refractivity contribution in [2.75, 3.05) is 46.0 Å². The summed E-state index contributed by atoms with van der Waals surface area (Å²) in [6.07, 6.45) is 3.38. The molecule has 0 aromatic heterocycles. The van der Waals surface area contributed by atoms with Crippen LogP contribution in [0.2, 0.25) is 0 Å². The summed E-state index contributed by atoms with van der Waals surface area (Å²) in [6.45, 7) is 5.75. The highest BCUT2D eigenvalue weighted by Gasteiger charge is 2.13. The van der Waals surface area contributed by atoms with Crippen LogP contribution in [-0.2, 0) is 16.3 Å². The van der Waals surface area contributed by atoms with Crippen molar-refractivity contribution >= 4 is 9.84 Å². The molecule has 0 saturated carbocycles. The fourth-order valence-corrected chi connectivity index (χ4v) is 3.11. The van der Waals surface area contributed by atoms with Gasteiger partial charge in [0.15, 0.2) is 9.84 Å². The number of rotatable bonds is 5. The van der Waals surface area contributed by atoms with Crippen molar-refractivity contribution in [1.82, 2.24) is 9.80 Å². The quantitative estimate of drug-likeness (QED) is 0.820. The van der Waals surface area contributed by atoms with Crippen molar-refractivity contribution in [1.29, 1.82) is 0 Å². The maximum atomic E-state index is 11.4. The van der Waals surface area contributed by atoms with E-state index in [4.69, 9.17) is 0 Å². The lowest BCUT2D eigenvalue weighted by Crippen LogP contribution is -2.44. The predicted octanol–water partition coefficient (Wildman–Crippen LogP) is 1.27. The summed E-state index contributed by atoms with van der Waals surface area (Å²) in [5.41, 5.74) is 1.21. The van der Waals surface area contributed by atoms with Crippen molar-refractivity contribution < 1.29 is 8.42 Å². The summed E-state index contributed by atoms with van der Waals surface area (Å²) < 4.78 is 22.8. The number of nitrogens with zero attached hydrogens (tertiary/aromatic N) is 2. The van der Waals surface area contributed by atoms with Gasteiger partial charge in [0.2, 0.25) is 0 Å². The van der Waals surface area contributed by atoms with E-state index < -0.39 is 9.84 Å². The number of benzene rings is 1. The summed E-state index contributed by atoms with van der Waals surface area (Å²) >= 11 is 0. The molecule has 0 bridgehead atoms. The lowest BCUT2D eigenvalue weighted by Gasteiger charge is -2.32. The molecule has 0 atom stereocenters. The highest BCUT2D eigenvalue weighted by atomic mass is 32.2. The van der Waals surface area contributed by atoms with Crippen LogP contribution in [0.15, 0.2) is 29.2 Å². The second-order valence-electron chi connectivity index (χ2n) is 5.66. The van der Waals surface area contributed by atoms with Crippen molar-refractivity contribution in [2.24, 2.45) is 0 Å². The second-order valence-corrected chi connectivity index (χ2v) is 7.68. The van der Waals surface area contributed by atoms with E-state index in [1.54, 1.807) is 12.1 Å². The van der Waals surface area contributed by atoms with Gasteiger partial charge in [-0.05, 0) is 44.1 Å². The normalized spacial score (nSPS) is 18.3. The van der Waals surface area contributed by atoms with Crippen molar-refractivity contribution in [3.8, 4) is 0 Å². The van der Waals surface area contributed by atoms with E-state index >= 15 is 0 Å². The van der Waals surface area contributed by atoms with Gasteiger partial charge in [-0.15, -0.1) is 0 Å². The molecule has 1 aliphatic heterocycles. The number of hydrogen-bond donors (Lipinski definition) is 0. The Hall–Kier alpha value is -0.910. The molecule has 0 amide bonds. The van der Waals surface area contributed by atoms with Crippen LogP contribution in [0.1, 0.15) is 12.0 Å².